The first-order chi connectivity index (χ1) is 10.2. The van der Waals surface area contributed by atoms with Crippen LogP contribution in [0.3, 0.4) is 0 Å². The number of nitrogens with zero attached hydrogens (tertiary/aromatic N) is 1. The molecule has 1 unspecified atom stereocenters. The van der Waals surface area contributed by atoms with Crippen LogP contribution in [0.1, 0.15) is 39.7 Å². The lowest BCUT2D eigenvalue weighted by Crippen LogP contribution is -2.30. The Hall–Kier alpha value is -1.55. The Balaban J connectivity index is 2.29. The number of hydrogen-bond acceptors (Lipinski definition) is 3. The summed E-state index contributed by atoms with van der Waals surface area (Å²) in [4.78, 5) is 12.8. The Morgan fingerprint density at radius 2 is 1.86 bits per heavy atom. The van der Waals surface area contributed by atoms with E-state index in [1.165, 1.54) is 5.56 Å². The summed E-state index contributed by atoms with van der Waals surface area (Å²) in [6, 6.07) is 8.24. The second kappa shape index (κ2) is 8.18. The Morgan fingerprint density at radius 3 is 2.36 bits per heavy atom. The zero-order valence-electron chi connectivity index (χ0n) is 14.4. The quantitative estimate of drug-likeness (QED) is 0.748. The number of benzene rings is 1. The maximum absolute atomic E-state index is 10.8. The van der Waals surface area contributed by atoms with Gasteiger partial charge in [0.25, 0.3) is 0 Å². The lowest BCUT2D eigenvalue weighted by Gasteiger charge is -2.20. The minimum absolute atomic E-state index is 0.155. The molecular weight excluding hydrogens is 278 g/mol. The Morgan fingerprint density at radius 1 is 1.27 bits per heavy atom. The molecule has 4 heteroatoms. The molecule has 0 spiro atoms. The lowest BCUT2D eigenvalue weighted by molar-refractivity contribution is -0.141. The van der Waals surface area contributed by atoms with Gasteiger partial charge in [0.05, 0.1) is 12.5 Å². The summed E-state index contributed by atoms with van der Waals surface area (Å²) in [5, 5.41) is 8.88. The highest BCUT2D eigenvalue weighted by Gasteiger charge is 2.14. The molecule has 22 heavy (non-hydrogen) atoms. The van der Waals surface area contributed by atoms with Crippen molar-refractivity contribution in [1.29, 1.82) is 0 Å². The topological polar surface area (TPSA) is 49.8 Å². The van der Waals surface area contributed by atoms with E-state index in [0.717, 1.165) is 18.7 Å². The molecule has 0 radical (unpaired) electrons. The molecule has 0 bridgehead atoms. The third-order valence-electron chi connectivity index (χ3n) is 3.68. The van der Waals surface area contributed by atoms with Crippen molar-refractivity contribution >= 4 is 5.97 Å². The van der Waals surface area contributed by atoms with Gasteiger partial charge in [-0.1, -0.05) is 39.8 Å². The van der Waals surface area contributed by atoms with Gasteiger partial charge in [0.2, 0.25) is 0 Å². The number of carboxylic acid groups (broad SMARTS) is 1. The molecular formula is C18H29NO3. The highest BCUT2D eigenvalue weighted by Crippen LogP contribution is 2.24. The third-order valence-corrected chi connectivity index (χ3v) is 3.68. The van der Waals surface area contributed by atoms with Gasteiger partial charge in [-0.25, -0.2) is 0 Å². The number of hydrogen-bond donors (Lipinski definition) is 1. The number of rotatable bonds is 8. The van der Waals surface area contributed by atoms with Crippen LogP contribution in [0.15, 0.2) is 24.3 Å². The second-order valence-corrected chi connectivity index (χ2v) is 6.98. The van der Waals surface area contributed by atoms with E-state index in [0.29, 0.717) is 13.2 Å². The molecule has 0 saturated heterocycles. The molecule has 0 aromatic heterocycles. The molecule has 4 nitrogen and oxygen atoms in total. The molecule has 0 aliphatic carbocycles. The van der Waals surface area contributed by atoms with E-state index in [1.807, 2.05) is 24.1 Å². The third kappa shape index (κ3) is 6.48. The maximum atomic E-state index is 10.8. The number of carboxylic acids is 1. The van der Waals surface area contributed by atoms with Crippen LogP contribution in [0, 0.1) is 5.92 Å². The monoisotopic (exact) mass is 307 g/mol. The van der Waals surface area contributed by atoms with Gasteiger partial charge < -0.3 is 14.7 Å². The average molecular weight is 307 g/mol. The highest BCUT2D eigenvalue weighted by molar-refractivity contribution is 5.69. The molecule has 1 aromatic rings. The first-order valence-electron chi connectivity index (χ1n) is 7.85. The summed E-state index contributed by atoms with van der Waals surface area (Å²) in [6.07, 6.45) is 0.879. The Kier molecular flexibility index (Phi) is 6.88. The van der Waals surface area contributed by atoms with Crippen LogP contribution in [0.5, 0.6) is 5.75 Å². The summed E-state index contributed by atoms with van der Waals surface area (Å²) in [7, 11) is 1.94. The molecule has 0 heterocycles. The van der Waals surface area contributed by atoms with Crippen molar-refractivity contribution in [2.45, 2.75) is 39.5 Å². The maximum Gasteiger partial charge on any atom is 0.307 e. The van der Waals surface area contributed by atoms with E-state index in [-0.39, 0.29) is 11.3 Å². The molecule has 0 aliphatic heterocycles. The van der Waals surface area contributed by atoms with E-state index in [2.05, 4.69) is 32.9 Å². The van der Waals surface area contributed by atoms with Crippen LogP contribution >= 0.6 is 0 Å². The van der Waals surface area contributed by atoms with Gasteiger partial charge in [0, 0.05) is 13.1 Å². The summed E-state index contributed by atoms with van der Waals surface area (Å²) in [5.74, 6) is -0.201. The molecule has 0 aliphatic rings. The van der Waals surface area contributed by atoms with E-state index in [4.69, 9.17) is 9.84 Å². The van der Waals surface area contributed by atoms with Crippen molar-refractivity contribution in [3.8, 4) is 5.75 Å². The van der Waals surface area contributed by atoms with Crippen LogP contribution in [0.25, 0.3) is 0 Å². The van der Waals surface area contributed by atoms with E-state index in [1.54, 1.807) is 6.92 Å². The summed E-state index contributed by atoms with van der Waals surface area (Å²) in [5.41, 5.74) is 1.45. The summed E-state index contributed by atoms with van der Waals surface area (Å²) in [6.45, 7) is 10.3. The van der Waals surface area contributed by atoms with E-state index < -0.39 is 5.97 Å². The van der Waals surface area contributed by atoms with Crippen molar-refractivity contribution in [3.05, 3.63) is 29.8 Å². The molecule has 0 fully saturated rings. The molecule has 0 saturated carbocycles. The average Bonchev–Trinajstić information content (AvgIpc) is 2.43. The Bertz CT molecular complexity index is 462. The van der Waals surface area contributed by atoms with Crippen molar-refractivity contribution in [1.82, 2.24) is 4.90 Å². The first-order valence-corrected chi connectivity index (χ1v) is 7.85. The normalized spacial score (nSPS) is 13.2. The fourth-order valence-electron chi connectivity index (χ4n) is 2.21. The fourth-order valence-corrected chi connectivity index (χ4v) is 2.21. The highest BCUT2D eigenvalue weighted by atomic mass is 16.5. The second-order valence-electron chi connectivity index (χ2n) is 6.98. The minimum Gasteiger partial charge on any atom is -0.494 e. The van der Waals surface area contributed by atoms with Gasteiger partial charge >= 0.3 is 5.97 Å². The molecule has 1 atom stereocenters. The standard InChI is InChI=1S/C18H29NO3/c1-14(17(20)21)13-19(5)11-6-12-22-16-9-7-15(8-10-16)18(2,3)4/h7-10,14H,6,11-13H2,1-5H3,(H,20,21). The fraction of sp³-hybridized carbons (Fsp3) is 0.611. The largest absolute Gasteiger partial charge is 0.494 e. The van der Waals surface area contributed by atoms with Gasteiger partial charge in [-0.2, -0.15) is 0 Å². The van der Waals surface area contributed by atoms with Crippen molar-refractivity contribution in [2.75, 3.05) is 26.7 Å². The molecule has 0 amide bonds. The molecule has 1 rings (SSSR count). The van der Waals surface area contributed by atoms with Gasteiger partial charge in [0.1, 0.15) is 5.75 Å². The van der Waals surface area contributed by atoms with Crippen molar-refractivity contribution in [2.24, 2.45) is 5.92 Å². The predicted octanol–water partition coefficient (Wildman–Crippen LogP) is 3.41. The number of ether oxygens (including phenoxy) is 1. The summed E-state index contributed by atoms with van der Waals surface area (Å²) >= 11 is 0. The van der Waals surface area contributed by atoms with Crippen LogP contribution in [0.2, 0.25) is 0 Å². The van der Waals surface area contributed by atoms with E-state index in [9.17, 15) is 4.79 Å². The van der Waals surface area contributed by atoms with Crippen molar-refractivity contribution in [3.63, 3.8) is 0 Å². The van der Waals surface area contributed by atoms with Gasteiger partial charge in [-0.05, 0) is 36.6 Å². The molecule has 124 valence electrons. The zero-order chi connectivity index (χ0) is 16.8. The predicted molar refractivity (Wildman–Crippen MR) is 89.6 cm³/mol. The lowest BCUT2D eigenvalue weighted by atomic mass is 9.87. The molecule has 1 N–H and O–H groups in total. The van der Waals surface area contributed by atoms with Crippen LogP contribution in [-0.2, 0) is 10.2 Å². The number of aliphatic carboxylic acids is 1. The molecule has 1 aromatic carbocycles. The minimum atomic E-state index is -0.748. The number of carbonyl (C=O) groups is 1. The van der Waals surface area contributed by atoms with Crippen LogP contribution in [0.4, 0.5) is 0 Å². The van der Waals surface area contributed by atoms with Crippen LogP contribution < -0.4 is 4.74 Å². The first kappa shape index (κ1) is 18.5. The van der Waals surface area contributed by atoms with Gasteiger partial charge in [-0.15, -0.1) is 0 Å². The van der Waals surface area contributed by atoms with Crippen LogP contribution in [-0.4, -0.2) is 42.7 Å². The zero-order valence-corrected chi connectivity index (χ0v) is 14.4. The summed E-state index contributed by atoms with van der Waals surface area (Å²) < 4.78 is 5.73. The van der Waals surface area contributed by atoms with Gasteiger partial charge in [-0.3, -0.25) is 4.79 Å². The van der Waals surface area contributed by atoms with Crippen molar-refractivity contribution < 1.29 is 14.6 Å². The smallest absolute Gasteiger partial charge is 0.307 e. The SMILES string of the molecule is CC(CN(C)CCCOc1ccc(C(C)(C)C)cc1)C(=O)O. The van der Waals surface area contributed by atoms with Gasteiger partial charge in [0.15, 0.2) is 0 Å². The Labute approximate surface area is 134 Å². The van der Waals surface area contributed by atoms with E-state index >= 15 is 0 Å².